The lowest BCUT2D eigenvalue weighted by Crippen LogP contribution is -1.96. The third-order valence-electron chi connectivity index (χ3n) is 1.83. The van der Waals surface area contributed by atoms with Crippen molar-refractivity contribution in [2.75, 3.05) is 0 Å². The monoisotopic (exact) mass is 182 g/mol. The van der Waals surface area contributed by atoms with E-state index in [-0.39, 0.29) is 5.52 Å². The molecule has 0 aliphatic carbocycles. The van der Waals surface area contributed by atoms with Crippen molar-refractivity contribution in [2.24, 2.45) is 0 Å². The van der Waals surface area contributed by atoms with E-state index in [9.17, 15) is 9.36 Å². The molecular weight excluding hydrogens is 171 g/mol. The average Bonchev–Trinajstić information content (AvgIpc) is 2.03. The molecule has 3 heteroatoms. The Morgan fingerprint density at radius 2 is 1.75 bits per heavy atom. The summed E-state index contributed by atoms with van der Waals surface area (Å²) in [6.45, 7) is 3.71. The second-order valence-corrected chi connectivity index (χ2v) is 3.51. The number of hydrogen-bond acceptors (Lipinski definition) is 2. The van der Waals surface area contributed by atoms with E-state index >= 15 is 0 Å². The van der Waals surface area contributed by atoms with Crippen LogP contribution < -0.4 is 0 Å². The molecular formula is C9H11O2P. The number of benzene rings is 1. The Labute approximate surface area is 72.8 Å². The Balaban J connectivity index is 3.30. The maximum absolute atomic E-state index is 11.2. The van der Waals surface area contributed by atoms with E-state index in [1.807, 2.05) is 32.0 Å². The Morgan fingerprint density at radius 1 is 1.25 bits per heavy atom. The average molecular weight is 182 g/mol. The SMILES string of the molecule is Cc1cccc(C)c1C(=O)[PH2]=O. The van der Waals surface area contributed by atoms with Gasteiger partial charge in [-0.1, -0.05) is 18.2 Å². The van der Waals surface area contributed by atoms with Crippen LogP contribution in [0.2, 0.25) is 0 Å². The highest BCUT2D eigenvalue weighted by atomic mass is 31.1. The molecule has 0 amide bonds. The lowest BCUT2D eigenvalue weighted by atomic mass is 10.0. The molecule has 0 N–H and O–H groups in total. The zero-order chi connectivity index (χ0) is 9.14. The molecule has 0 aromatic heterocycles. The molecule has 0 heterocycles. The highest BCUT2D eigenvalue weighted by Gasteiger charge is 2.08. The fourth-order valence-electron chi connectivity index (χ4n) is 1.26. The zero-order valence-corrected chi connectivity index (χ0v) is 8.28. The molecule has 64 valence electrons. The predicted molar refractivity (Wildman–Crippen MR) is 50.6 cm³/mol. The summed E-state index contributed by atoms with van der Waals surface area (Å²) in [5.74, 6) is 0. The van der Waals surface area contributed by atoms with Crippen LogP contribution in [0.3, 0.4) is 0 Å². The van der Waals surface area contributed by atoms with Crippen molar-refractivity contribution in [1.29, 1.82) is 0 Å². The first kappa shape index (κ1) is 9.21. The van der Waals surface area contributed by atoms with Crippen LogP contribution in [0.4, 0.5) is 0 Å². The molecule has 1 aromatic rings. The second kappa shape index (κ2) is 3.68. The van der Waals surface area contributed by atoms with E-state index in [2.05, 4.69) is 0 Å². The van der Waals surface area contributed by atoms with Gasteiger partial charge in [0, 0.05) is 5.56 Å². The molecule has 0 fully saturated rings. The minimum absolute atomic E-state index is 0.231. The summed E-state index contributed by atoms with van der Waals surface area (Å²) < 4.78 is 10.5. The van der Waals surface area contributed by atoms with Gasteiger partial charge in [-0.25, -0.2) is 0 Å². The normalized spacial score (nSPS) is 10.8. The summed E-state index contributed by atoms with van der Waals surface area (Å²) in [7, 11) is -1.34. The largest absolute Gasteiger partial charge is 0.322 e. The predicted octanol–water partition coefficient (Wildman–Crippen LogP) is 2.20. The summed E-state index contributed by atoms with van der Waals surface area (Å²) in [5.41, 5.74) is 2.21. The van der Waals surface area contributed by atoms with Crippen LogP contribution in [-0.2, 0) is 4.57 Å². The molecule has 0 bridgehead atoms. The Bertz CT molecular complexity index is 311. The summed E-state index contributed by atoms with van der Waals surface area (Å²) in [6, 6.07) is 5.60. The maximum atomic E-state index is 11.2. The topological polar surface area (TPSA) is 34.1 Å². The van der Waals surface area contributed by atoms with Crippen molar-refractivity contribution in [1.82, 2.24) is 0 Å². The Hall–Kier alpha value is -0.880. The number of carbonyl (C=O) groups excluding carboxylic acids is 1. The molecule has 0 saturated heterocycles. The van der Waals surface area contributed by atoms with E-state index in [4.69, 9.17) is 0 Å². The summed E-state index contributed by atoms with van der Waals surface area (Å²) in [6.07, 6.45) is 0. The molecule has 0 aliphatic heterocycles. The number of carbonyl (C=O) groups is 1. The van der Waals surface area contributed by atoms with Gasteiger partial charge in [0.2, 0.25) is 5.52 Å². The molecule has 0 aliphatic rings. The van der Waals surface area contributed by atoms with Crippen LogP contribution in [0.5, 0.6) is 0 Å². The quantitative estimate of drug-likeness (QED) is 0.657. The van der Waals surface area contributed by atoms with Gasteiger partial charge in [0.05, 0.1) is 0 Å². The first-order valence-electron chi connectivity index (χ1n) is 3.72. The van der Waals surface area contributed by atoms with E-state index in [1.165, 1.54) is 0 Å². The molecule has 1 rings (SSSR count). The zero-order valence-electron chi connectivity index (χ0n) is 7.13. The second-order valence-electron chi connectivity index (χ2n) is 2.75. The van der Waals surface area contributed by atoms with E-state index in [0.29, 0.717) is 5.56 Å². The molecule has 1 aromatic carbocycles. The van der Waals surface area contributed by atoms with E-state index in [0.717, 1.165) is 11.1 Å². The van der Waals surface area contributed by atoms with Gasteiger partial charge in [0.15, 0.2) is 0 Å². The van der Waals surface area contributed by atoms with Crippen LogP contribution in [0.1, 0.15) is 21.5 Å². The smallest absolute Gasteiger partial charge is 0.216 e. The van der Waals surface area contributed by atoms with Crippen molar-refractivity contribution >= 4 is 14.0 Å². The number of rotatable bonds is 2. The van der Waals surface area contributed by atoms with E-state index < -0.39 is 8.46 Å². The van der Waals surface area contributed by atoms with Crippen molar-refractivity contribution in [2.45, 2.75) is 13.8 Å². The minimum Gasteiger partial charge on any atom is -0.322 e. The molecule has 1 atom stereocenters. The summed E-state index contributed by atoms with van der Waals surface area (Å²) >= 11 is 0. The highest BCUT2D eigenvalue weighted by molar-refractivity contribution is 7.47. The van der Waals surface area contributed by atoms with Gasteiger partial charge in [-0.05, 0) is 25.0 Å². The molecule has 0 saturated carbocycles. The summed E-state index contributed by atoms with van der Waals surface area (Å²) in [4.78, 5) is 11.2. The van der Waals surface area contributed by atoms with Crippen LogP contribution >= 0.6 is 8.46 Å². The highest BCUT2D eigenvalue weighted by Crippen LogP contribution is 2.18. The lowest BCUT2D eigenvalue weighted by Gasteiger charge is -2.03. The molecule has 0 spiro atoms. The third kappa shape index (κ3) is 1.64. The first-order valence-corrected chi connectivity index (χ1v) is 4.77. The molecule has 1 unspecified atom stereocenters. The van der Waals surface area contributed by atoms with Gasteiger partial charge in [-0.2, -0.15) is 0 Å². The maximum Gasteiger partial charge on any atom is 0.216 e. The fraction of sp³-hybridized carbons (Fsp3) is 0.222. The van der Waals surface area contributed by atoms with Gasteiger partial charge < -0.3 is 4.57 Å². The van der Waals surface area contributed by atoms with Gasteiger partial charge in [0.25, 0.3) is 0 Å². The fourth-order valence-corrected chi connectivity index (χ4v) is 1.84. The Morgan fingerprint density at radius 3 is 2.17 bits per heavy atom. The first-order chi connectivity index (χ1) is 5.66. The van der Waals surface area contributed by atoms with Crippen LogP contribution in [0.15, 0.2) is 18.2 Å². The van der Waals surface area contributed by atoms with Gasteiger partial charge in [-0.15, -0.1) is 0 Å². The molecule has 0 radical (unpaired) electrons. The third-order valence-corrected chi connectivity index (χ3v) is 2.34. The van der Waals surface area contributed by atoms with E-state index in [1.54, 1.807) is 0 Å². The van der Waals surface area contributed by atoms with Crippen molar-refractivity contribution < 1.29 is 9.36 Å². The number of aryl methyl sites for hydroxylation is 2. The van der Waals surface area contributed by atoms with Crippen LogP contribution in [0, 0.1) is 13.8 Å². The van der Waals surface area contributed by atoms with Crippen molar-refractivity contribution in [3.05, 3.63) is 34.9 Å². The van der Waals surface area contributed by atoms with Gasteiger partial charge in [0.1, 0.15) is 8.46 Å². The van der Waals surface area contributed by atoms with Crippen molar-refractivity contribution in [3.8, 4) is 0 Å². The number of hydrogen-bond donors (Lipinski definition) is 0. The molecule has 2 nitrogen and oxygen atoms in total. The van der Waals surface area contributed by atoms with Gasteiger partial charge >= 0.3 is 0 Å². The lowest BCUT2D eigenvalue weighted by molar-refractivity contribution is 0.108. The minimum atomic E-state index is -1.34. The van der Waals surface area contributed by atoms with Crippen LogP contribution in [-0.4, -0.2) is 5.52 Å². The van der Waals surface area contributed by atoms with Crippen LogP contribution in [0.25, 0.3) is 0 Å². The van der Waals surface area contributed by atoms with Crippen molar-refractivity contribution in [3.63, 3.8) is 0 Å². The van der Waals surface area contributed by atoms with Gasteiger partial charge in [-0.3, -0.25) is 4.79 Å². The summed E-state index contributed by atoms with van der Waals surface area (Å²) in [5, 5.41) is 0. The Kier molecular flexibility index (Phi) is 2.83. The standard InChI is InChI=1S/C9H11O2P/c1-6-4-3-5-7(2)8(6)9(10)12-11/h3-5H,12H2,1-2H3. The molecule has 12 heavy (non-hydrogen) atoms.